The molecule has 2 aromatic carbocycles. The average molecular weight is 467 g/mol. The van der Waals surface area contributed by atoms with Gasteiger partial charge in [-0.25, -0.2) is 4.98 Å². The van der Waals surface area contributed by atoms with Crippen LogP contribution in [0, 0.1) is 0 Å². The minimum Gasteiger partial charge on any atom is -0.377 e. The molecule has 0 spiro atoms. The molecule has 0 radical (unpaired) electrons. The molecule has 5 nitrogen and oxygen atoms in total. The predicted molar refractivity (Wildman–Crippen MR) is 137 cm³/mol. The number of hydrogen-bond acceptors (Lipinski definition) is 5. The number of fused-ring (bicyclic) bond motifs is 1. The second-order valence-electron chi connectivity index (χ2n) is 8.28. The van der Waals surface area contributed by atoms with E-state index < -0.39 is 5.60 Å². The van der Waals surface area contributed by atoms with Gasteiger partial charge in [0.05, 0.1) is 16.9 Å². The standard InChI is InChI=1S/C28H23ClN4O/c1-33(2)26-22-18-21(11-12-23(22)32-27(29)25(26)19-8-4-3-5-9-19)28(34,20-13-16-30-17-14-20)24-10-6-7-15-31-24/h3-18,34H,1-2H3. The Morgan fingerprint density at radius 1 is 0.824 bits per heavy atom. The summed E-state index contributed by atoms with van der Waals surface area (Å²) < 4.78 is 0. The Labute approximate surface area is 203 Å². The van der Waals surface area contributed by atoms with Crippen LogP contribution in [0.5, 0.6) is 0 Å². The second-order valence-corrected chi connectivity index (χ2v) is 8.64. The molecule has 0 saturated heterocycles. The number of nitrogens with zero attached hydrogens (tertiary/aromatic N) is 4. The second kappa shape index (κ2) is 8.86. The van der Waals surface area contributed by atoms with Crippen LogP contribution in [0.2, 0.25) is 5.15 Å². The van der Waals surface area contributed by atoms with Crippen molar-refractivity contribution in [1.82, 2.24) is 15.0 Å². The zero-order chi connectivity index (χ0) is 23.7. The van der Waals surface area contributed by atoms with E-state index in [0.29, 0.717) is 22.0 Å². The molecule has 5 aromatic rings. The van der Waals surface area contributed by atoms with Crippen molar-refractivity contribution >= 4 is 28.2 Å². The molecule has 0 fully saturated rings. The zero-order valence-corrected chi connectivity index (χ0v) is 19.6. The van der Waals surface area contributed by atoms with Crippen LogP contribution in [-0.2, 0) is 5.60 Å². The van der Waals surface area contributed by atoms with E-state index in [-0.39, 0.29) is 0 Å². The molecule has 34 heavy (non-hydrogen) atoms. The Morgan fingerprint density at radius 3 is 2.24 bits per heavy atom. The van der Waals surface area contributed by atoms with E-state index in [9.17, 15) is 5.11 Å². The molecular weight excluding hydrogens is 444 g/mol. The van der Waals surface area contributed by atoms with Crippen molar-refractivity contribution in [2.24, 2.45) is 0 Å². The van der Waals surface area contributed by atoms with Crippen LogP contribution in [0.15, 0.2) is 97.5 Å². The molecule has 0 aliphatic carbocycles. The van der Waals surface area contributed by atoms with E-state index in [0.717, 1.165) is 27.7 Å². The molecule has 1 atom stereocenters. The fourth-order valence-electron chi connectivity index (χ4n) is 4.40. The van der Waals surface area contributed by atoms with Gasteiger partial charge in [-0.15, -0.1) is 0 Å². The van der Waals surface area contributed by atoms with Crippen LogP contribution < -0.4 is 4.90 Å². The first-order valence-corrected chi connectivity index (χ1v) is 11.3. The summed E-state index contributed by atoms with van der Waals surface area (Å²) in [5.41, 5.74) is 3.91. The monoisotopic (exact) mass is 466 g/mol. The molecular formula is C28H23ClN4O. The summed E-state index contributed by atoms with van der Waals surface area (Å²) in [5, 5.41) is 13.5. The van der Waals surface area contributed by atoms with Crippen molar-refractivity contribution in [3.05, 3.63) is 119 Å². The third-order valence-corrected chi connectivity index (χ3v) is 6.25. The molecule has 0 bridgehead atoms. The Hall–Kier alpha value is -3.80. The molecule has 1 unspecified atom stereocenters. The third kappa shape index (κ3) is 3.69. The molecule has 0 saturated carbocycles. The summed E-state index contributed by atoms with van der Waals surface area (Å²) in [5.74, 6) is 0. The van der Waals surface area contributed by atoms with Crippen molar-refractivity contribution in [1.29, 1.82) is 0 Å². The summed E-state index contributed by atoms with van der Waals surface area (Å²) in [4.78, 5) is 15.4. The highest BCUT2D eigenvalue weighted by Crippen LogP contribution is 2.43. The van der Waals surface area contributed by atoms with Gasteiger partial charge in [0.2, 0.25) is 0 Å². The summed E-state index contributed by atoms with van der Waals surface area (Å²) in [7, 11) is 3.97. The SMILES string of the molecule is CN(C)c1c(-c2ccccc2)c(Cl)nc2ccc(C(O)(c3ccncc3)c3ccccn3)cc12. The lowest BCUT2D eigenvalue weighted by molar-refractivity contribution is 0.121. The smallest absolute Gasteiger partial charge is 0.157 e. The van der Waals surface area contributed by atoms with Gasteiger partial charge in [0.15, 0.2) is 5.60 Å². The van der Waals surface area contributed by atoms with Crippen LogP contribution in [0.25, 0.3) is 22.0 Å². The summed E-state index contributed by atoms with van der Waals surface area (Å²) in [6, 6.07) is 24.9. The number of hydrogen-bond donors (Lipinski definition) is 1. The van der Waals surface area contributed by atoms with Gasteiger partial charge >= 0.3 is 0 Å². The quantitative estimate of drug-likeness (QED) is 0.337. The largest absolute Gasteiger partial charge is 0.377 e. The normalized spacial score (nSPS) is 12.9. The van der Waals surface area contributed by atoms with E-state index in [2.05, 4.69) is 9.97 Å². The maximum Gasteiger partial charge on any atom is 0.157 e. The molecule has 0 aliphatic rings. The van der Waals surface area contributed by atoms with E-state index in [4.69, 9.17) is 16.6 Å². The fourth-order valence-corrected chi connectivity index (χ4v) is 4.69. The number of benzene rings is 2. The van der Waals surface area contributed by atoms with E-state index in [1.165, 1.54) is 0 Å². The topological polar surface area (TPSA) is 62.1 Å². The maximum atomic E-state index is 12.2. The fraction of sp³-hybridized carbons (Fsp3) is 0.107. The lowest BCUT2D eigenvalue weighted by Crippen LogP contribution is -2.30. The number of halogens is 1. The van der Waals surface area contributed by atoms with Crippen molar-refractivity contribution in [3.8, 4) is 11.1 Å². The number of pyridine rings is 3. The highest BCUT2D eigenvalue weighted by molar-refractivity contribution is 6.34. The Morgan fingerprint density at radius 2 is 1.56 bits per heavy atom. The van der Waals surface area contributed by atoms with E-state index >= 15 is 0 Å². The van der Waals surface area contributed by atoms with Gasteiger partial charge in [-0.1, -0.05) is 54.1 Å². The minimum absolute atomic E-state index is 0.435. The number of aromatic nitrogens is 3. The first-order valence-electron chi connectivity index (χ1n) is 10.9. The van der Waals surface area contributed by atoms with E-state index in [1.807, 2.05) is 85.7 Å². The molecule has 3 aromatic heterocycles. The molecule has 0 amide bonds. The number of rotatable bonds is 5. The molecule has 0 aliphatic heterocycles. The molecule has 168 valence electrons. The van der Waals surface area contributed by atoms with Crippen molar-refractivity contribution in [3.63, 3.8) is 0 Å². The number of anilines is 1. The molecule has 3 heterocycles. The van der Waals surface area contributed by atoms with E-state index in [1.54, 1.807) is 30.7 Å². The lowest BCUT2D eigenvalue weighted by Gasteiger charge is -2.30. The third-order valence-electron chi connectivity index (χ3n) is 5.97. The summed E-state index contributed by atoms with van der Waals surface area (Å²) in [6.45, 7) is 0. The molecule has 6 heteroatoms. The van der Waals surface area contributed by atoms with Gasteiger partial charge in [0.1, 0.15) is 5.15 Å². The maximum absolute atomic E-state index is 12.2. The van der Waals surface area contributed by atoms with Crippen LogP contribution in [0.1, 0.15) is 16.8 Å². The first kappa shape index (κ1) is 22.0. The minimum atomic E-state index is -1.48. The number of aliphatic hydroxyl groups is 1. The molecule has 1 N–H and O–H groups in total. The first-order chi connectivity index (χ1) is 16.5. The Bertz CT molecular complexity index is 1400. The highest BCUT2D eigenvalue weighted by atomic mass is 35.5. The average Bonchev–Trinajstić information content (AvgIpc) is 2.88. The summed E-state index contributed by atoms with van der Waals surface area (Å²) in [6.07, 6.45) is 5.03. The highest BCUT2D eigenvalue weighted by Gasteiger charge is 2.36. The van der Waals surface area contributed by atoms with Gasteiger partial charge in [-0.3, -0.25) is 9.97 Å². The van der Waals surface area contributed by atoms with Crippen LogP contribution >= 0.6 is 11.6 Å². The van der Waals surface area contributed by atoms with Crippen LogP contribution in [0.4, 0.5) is 5.69 Å². The van der Waals surface area contributed by atoms with Crippen LogP contribution in [-0.4, -0.2) is 34.2 Å². The summed E-state index contributed by atoms with van der Waals surface area (Å²) >= 11 is 6.70. The van der Waals surface area contributed by atoms with Crippen LogP contribution in [0.3, 0.4) is 0 Å². The molecule has 5 rings (SSSR count). The van der Waals surface area contributed by atoms with Gasteiger partial charge in [0.25, 0.3) is 0 Å². The van der Waals surface area contributed by atoms with Gasteiger partial charge in [0, 0.05) is 43.6 Å². The zero-order valence-electron chi connectivity index (χ0n) is 18.9. The van der Waals surface area contributed by atoms with Crippen molar-refractivity contribution in [2.75, 3.05) is 19.0 Å². The van der Waals surface area contributed by atoms with Crippen molar-refractivity contribution < 1.29 is 5.11 Å². The Kier molecular flexibility index (Phi) is 5.74. The van der Waals surface area contributed by atoms with Crippen molar-refractivity contribution in [2.45, 2.75) is 5.60 Å². The Balaban J connectivity index is 1.83. The lowest BCUT2D eigenvalue weighted by atomic mass is 9.82. The predicted octanol–water partition coefficient (Wildman–Crippen LogP) is 5.70. The van der Waals surface area contributed by atoms with Gasteiger partial charge in [-0.2, -0.15) is 0 Å². The van der Waals surface area contributed by atoms with Gasteiger partial charge in [-0.05, 0) is 53.1 Å². The van der Waals surface area contributed by atoms with Gasteiger partial charge < -0.3 is 10.0 Å².